The number of anilines is 1. The molecule has 1 aliphatic carbocycles. The van der Waals surface area contributed by atoms with E-state index in [0.717, 1.165) is 18.3 Å². The van der Waals surface area contributed by atoms with Crippen molar-refractivity contribution >= 4 is 11.6 Å². The zero-order valence-electron chi connectivity index (χ0n) is 10.6. The summed E-state index contributed by atoms with van der Waals surface area (Å²) in [4.78, 5) is 14.1. The van der Waals surface area contributed by atoms with Crippen LogP contribution in [0.5, 0.6) is 0 Å². The fraction of sp³-hybridized carbons (Fsp3) is 0.462. The standard InChI is InChI=1S/C13H20N4O/c1-17(12-6-7-12)9-8-15-13(18)10-2-4-11(16-14)5-3-10/h2-5,12,16H,6-9,14H2,1H3,(H,15,18). The van der Waals surface area contributed by atoms with Gasteiger partial charge >= 0.3 is 0 Å². The van der Waals surface area contributed by atoms with E-state index in [-0.39, 0.29) is 5.91 Å². The third kappa shape index (κ3) is 3.45. The van der Waals surface area contributed by atoms with Gasteiger partial charge in [-0.2, -0.15) is 0 Å². The van der Waals surface area contributed by atoms with E-state index in [1.807, 2.05) is 0 Å². The highest BCUT2D eigenvalue weighted by atomic mass is 16.1. The molecule has 2 rings (SSSR count). The molecule has 0 unspecified atom stereocenters. The summed E-state index contributed by atoms with van der Waals surface area (Å²) in [6, 6.07) is 7.82. The van der Waals surface area contributed by atoms with Crippen LogP contribution < -0.4 is 16.6 Å². The molecule has 0 bridgehead atoms. The first-order valence-corrected chi connectivity index (χ1v) is 6.26. The maximum Gasteiger partial charge on any atom is 0.251 e. The first-order valence-electron chi connectivity index (χ1n) is 6.26. The number of nitrogens with one attached hydrogen (secondary N) is 2. The van der Waals surface area contributed by atoms with Crippen LogP contribution in [0.1, 0.15) is 23.2 Å². The molecule has 1 saturated carbocycles. The number of nitrogens with zero attached hydrogens (tertiary/aromatic N) is 1. The molecule has 1 fully saturated rings. The second-order valence-electron chi connectivity index (χ2n) is 4.69. The molecule has 0 spiro atoms. The Bertz CT molecular complexity index is 400. The van der Waals surface area contributed by atoms with Gasteiger partial charge in [0.1, 0.15) is 0 Å². The first kappa shape index (κ1) is 12.9. The van der Waals surface area contributed by atoms with Crippen molar-refractivity contribution in [3.63, 3.8) is 0 Å². The zero-order chi connectivity index (χ0) is 13.0. The number of hydrogen-bond acceptors (Lipinski definition) is 4. The van der Waals surface area contributed by atoms with E-state index in [4.69, 9.17) is 5.84 Å². The average Bonchev–Trinajstić information content (AvgIpc) is 3.23. The molecule has 5 heteroatoms. The van der Waals surface area contributed by atoms with Crippen molar-refractivity contribution in [1.82, 2.24) is 10.2 Å². The summed E-state index contributed by atoms with van der Waals surface area (Å²) in [5.41, 5.74) is 3.98. The molecule has 18 heavy (non-hydrogen) atoms. The molecule has 0 aromatic heterocycles. The number of rotatable bonds is 6. The smallest absolute Gasteiger partial charge is 0.251 e. The van der Waals surface area contributed by atoms with E-state index < -0.39 is 0 Å². The molecule has 0 heterocycles. The van der Waals surface area contributed by atoms with Crippen LogP contribution in [0.3, 0.4) is 0 Å². The maximum absolute atomic E-state index is 11.8. The highest BCUT2D eigenvalue weighted by Crippen LogP contribution is 2.24. The van der Waals surface area contributed by atoms with Gasteiger partial charge < -0.3 is 15.6 Å². The topological polar surface area (TPSA) is 70.4 Å². The molecule has 1 amide bonds. The highest BCUT2D eigenvalue weighted by molar-refractivity contribution is 5.94. The van der Waals surface area contributed by atoms with Gasteiger partial charge in [0.05, 0.1) is 0 Å². The van der Waals surface area contributed by atoms with Crippen molar-refractivity contribution in [2.75, 3.05) is 25.6 Å². The normalized spacial score (nSPS) is 14.6. The lowest BCUT2D eigenvalue weighted by molar-refractivity contribution is 0.0949. The van der Waals surface area contributed by atoms with E-state index in [9.17, 15) is 4.79 Å². The van der Waals surface area contributed by atoms with Gasteiger partial charge in [-0.1, -0.05) is 0 Å². The van der Waals surface area contributed by atoms with Gasteiger partial charge in [-0.25, -0.2) is 0 Å². The summed E-state index contributed by atoms with van der Waals surface area (Å²) >= 11 is 0. The number of carbonyl (C=O) groups excluding carboxylic acids is 1. The Morgan fingerprint density at radius 1 is 1.39 bits per heavy atom. The van der Waals surface area contributed by atoms with Crippen LogP contribution >= 0.6 is 0 Å². The number of benzene rings is 1. The predicted octanol–water partition coefficient (Wildman–Crippen LogP) is 0.796. The molecular formula is C13H20N4O. The molecule has 98 valence electrons. The average molecular weight is 248 g/mol. The van der Waals surface area contributed by atoms with Gasteiger partial charge in [0.2, 0.25) is 0 Å². The van der Waals surface area contributed by atoms with E-state index in [1.54, 1.807) is 24.3 Å². The summed E-state index contributed by atoms with van der Waals surface area (Å²) in [6.45, 7) is 1.58. The van der Waals surface area contributed by atoms with Crippen molar-refractivity contribution in [2.45, 2.75) is 18.9 Å². The molecule has 0 aliphatic heterocycles. The number of amides is 1. The molecule has 0 radical (unpaired) electrons. The van der Waals surface area contributed by atoms with Crippen LogP contribution in [-0.2, 0) is 0 Å². The number of likely N-dealkylation sites (N-methyl/N-ethyl adjacent to an activating group) is 1. The quantitative estimate of drug-likeness (QED) is 0.514. The summed E-state index contributed by atoms with van der Waals surface area (Å²) in [6.07, 6.45) is 2.58. The molecule has 0 saturated heterocycles. The number of hydrazine groups is 1. The number of nitrogens with two attached hydrogens (primary N) is 1. The third-order valence-electron chi connectivity index (χ3n) is 3.23. The highest BCUT2D eigenvalue weighted by Gasteiger charge is 2.25. The van der Waals surface area contributed by atoms with Crippen molar-refractivity contribution in [2.24, 2.45) is 5.84 Å². The van der Waals surface area contributed by atoms with Crippen LogP contribution in [0.2, 0.25) is 0 Å². The summed E-state index contributed by atoms with van der Waals surface area (Å²) in [5, 5.41) is 2.92. The van der Waals surface area contributed by atoms with Gasteiger partial charge in [-0.15, -0.1) is 0 Å². The van der Waals surface area contributed by atoms with Gasteiger partial charge in [0.15, 0.2) is 0 Å². The van der Waals surface area contributed by atoms with E-state index >= 15 is 0 Å². The fourth-order valence-corrected chi connectivity index (χ4v) is 1.86. The second kappa shape index (κ2) is 5.84. The molecule has 0 atom stereocenters. The van der Waals surface area contributed by atoms with E-state index in [2.05, 4.69) is 22.7 Å². The monoisotopic (exact) mass is 248 g/mol. The van der Waals surface area contributed by atoms with Gasteiger partial charge in [0.25, 0.3) is 5.91 Å². The minimum atomic E-state index is -0.0391. The summed E-state index contributed by atoms with van der Waals surface area (Å²) < 4.78 is 0. The Morgan fingerprint density at radius 2 is 2.06 bits per heavy atom. The van der Waals surface area contributed by atoms with Crippen molar-refractivity contribution in [3.8, 4) is 0 Å². The zero-order valence-corrected chi connectivity index (χ0v) is 10.6. The second-order valence-corrected chi connectivity index (χ2v) is 4.69. The van der Waals surface area contributed by atoms with Crippen LogP contribution in [0, 0.1) is 0 Å². The Balaban J connectivity index is 1.75. The SMILES string of the molecule is CN(CCNC(=O)c1ccc(NN)cc1)C1CC1. The summed E-state index contributed by atoms with van der Waals surface area (Å²) in [7, 11) is 2.10. The van der Waals surface area contributed by atoms with Gasteiger partial charge in [-0.3, -0.25) is 10.6 Å². The largest absolute Gasteiger partial charge is 0.351 e. The van der Waals surface area contributed by atoms with Gasteiger partial charge in [-0.05, 0) is 44.2 Å². The lowest BCUT2D eigenvalue weighted by Gasteiger charge is -2.15. The Hall–Kier alpha value is -1.59. The Labute approximate surface area is 107 Å². The van der Waals surface area contributed by atoms with Crippen LogP contribution in [0.15, 0.2) is 24.3 Å². The predicted molar refractivity (Wildman–Crippen MR) is 72.2 cm³/mol. The lowest BCUT2D eigenvalue weighted by atomic mass is 10.2. The van der Waals surface area contributed by atoms with E-state index in [1.165, 1.54) is 12.8 Å². The van der Waals surface area contributed by atoms with Crippen molar-refractivity contribution < 1.29 is 4.79 Å². The molecule has 5 nitrogen and oxygen atoms in total. The summed E-state index contributed by atoms with van der Waals surface area (Å²) in [5.74, 6) is 5.23. The molecule has 1 aromatic carbocycles. The third-order valence-corrected chi connectivity index (χ3v) is 3.23. The van der Waals surface area contributed by atoms with Crippen LogP contribution in [0.25, 0.3) is 0 Å². The minimum absolute atomic E-state index is 0.0391. The number of carbonyl (C=O) groups is 1. The first-order chi connectivity index (χ1) is 8.70. The van der Waals surface area contributed by atoms with Crippen molar-refractivity contribution in [1.29, 1.82) is 0 Å². The maximum atomic E-state index is 11.8. The molecular weight excluding hydrogens is 228 g/mol. The van der Waals surface area contributed by atoms with Crippen molar-refractivity contribution in [3.05, 3.63) is 29.8 Å². The van der Waals surface area contributed by atoms with Crippen LogP contribution in [0.4, 0.5) is 5.69 Å². The lowest BCUT2D eigenvalue weighted by Crippen LogP contribution is -2.33. The number of hydrogen-bond donors (Lipinski definition) is 3. The fourth-order valence-electron chi connectivity index (χ4n) is 1.86. The minimum Gasteiger partial charge on any atom is -0.351 e. The van der Waals surface area contributed by atoms with Gasteiger partial charge in [0, 0.05) is 30.4 Å². The molecule has 1 aromatic rings. The van der Waals surface area contributed by atoms with Crippen LogP contribution in [-0.4, -0.2) is 37.0 Å². The number of nitrogen functional groups attached to an aromatic ring is 1. The molecule has 4 N–H and O–H groups in total. The Morgan fingerprint density at radius 3 is 2.61 bits per heavy atom. The Kier molecular flexibility index (Phi) is 4.17. The molecule has 1 aliphatic rings. The van der Waals surface area contributed by atoms with E-state index in [0.29, 0.717) is 12.1 Å².